The van der Waals surface area contributed by atoms with E-state index in [0.717, 1.165) is 0 Å². The van der Waals surface area contributed by atoms with E-state index in [0.29, 0.717) is 43.6 Å². The normalized spacial score (nSPS) is 25.9. The second kappa shape index (κ2) is 18.1. The summed E-state index contributed by atoms with van der Waals surface area (Å²) in [6.07, 6.45) is -16.9. The van der Waals surface area contributed by atoms with Gasteiger partial charge in [0.1, 0.15) is 60.1 Å². The average molecular weight is 897 g/mol. The Hall–Kier alpha value is -6.10. The largest absolute Gasteiger partial charge is 0.394 e. The van der Waals surface area contributed by atoms with Crippen molar-refractivity contribution in [3.05, 3.63) is 125 Å². The zero-order valence-corrected chi connectivity index (χ0v) is 34.0. The molecule has 0 unspecified atom stereocenters. The van der Waals surface area contributed by atoms with Crippen LogP contribution in [0.3, 0.4) is 0 Å². The molecule has 0 bridgehead atoms. The number of rotatable bonds is 12. The summed E-state index contributed by atoms with van der Waals surface area (Å²) in [5, 5.41) is 81.5. The standard InChI is InChI=1S/C45H42F2N6O12/c46-32-31(43(61)49-17-18-62-44-41(60)39(58)42(30(20-55)64-44)65-45-40(59)38(57)37(56)29(19-54)63-45)35(52-25-13-5-1-9-21(25)22-10-2-6-14-26(22)52)33(47)34(50-51-48)36(32)53-27-15-7-3-11-23(27)24-12-4-8-16-28(24)53/h1-16,29-30,37-42,44-45,54-60H,17-20H2,(H,49,61)/t29-,30-,37-,38+,39-,40-,41-,42-,44-,45-/m1/s1. The minimum Gasteiger partial charge on any atom is -0.394 e. The second-order valence-electron chi connectivity index (χ2n) is 15.6. The van der Waals surface area contributed by atoms with Gasteiger partial charge < -0.3 is 69.1 Å². The highest BCUT2D eigenvalue weighted by molar-refractivity contribution is 6.12. The van der Waals surface area contributed by atoms with E-state index in [9.17, 15) is 46.1 Å². The number of azide groups is 1. The molecule has 338 valence electrons. The van der Waals surface area contributed by atoms with Crippen LogP contribution in [0.15, 0.2) is 102 Å². The van der Waals surface area contributed by atoms with Crippen LogP contribution in [0.5, 0.6) is 0 Å². The third-order valence-electron chi connectivity index (χ3n) is 11.9. The lowest BCUT2D eigenvalue weighted by Gasteiger charge is -2.45. The van der Waals surface area contributed by atoms with E-state index in [1.165, 1.54) is 9.13 Å². The van der Waals surface area contributed by atoms with Crippen molar-refractivity contribution in [1.29, 1.82) is 0 Å². The summed E-state index contributed by atoms with van der Waals surface area (Å²) in [6, 6.07) is 27.9. The number of para-hydroxylation sites is 4. The van der Waals surface area contributed by atoms with Gasteiger partial charge in [-0.05, 0) is 29.8 Å². The number of aliphatic hydroxyl groups is 7. The maximum atomic E-state index is 18.0. The Balaban J connectivity index is 1.06. The minimum atomic E-state index is -1.88. The molecule has 5 aromatic carbocycles. The number of aliphatic hydroxyl groups excluding tert-OH is 7. The highest BCUT2D eigenvalue weighted by Crippen LogP contribution is 2.44. The van der Waals surface area contributed by atoms with E-state index in [4.69, 9.17) is 18.9 Å². The molecule has 9 rings (SSSR count). The summed E-state index contributed by atoms with van der Waals surface area (Å²) in [5.74, 6) is -3.53. The number of carbonyl (C=O) groups excluding carboxylic acids is 1. The van der Waals surface area contributed by atoms with Crippen molar-refractivity contribution < 1.29 is 68.3 Å². The Kier molecular flexibility index (Phi) is 12.3. The zero-order chi connectivity index (χ0) is 45.7. The van der Waals surface area contributed by atoms with E-state index in [1.54, 1.807) is 97.1 Å². The molecule has 0 spiro atoms. The minimum absolute atomic E-state index is 0.410. The number of nitrogens with one attached hydrogen (secondary N) is 1. The highest BCUT2D eigenvalue weighted by atomic mass is 19.1. The summed E-state index contributed by atoms with van der Waals surface area (Å²) < 4.78 is 60.8. The quantitative estimate of drug-likeness (QED) is 0.0380. The molecule has 20 heteroatoms. The number of hydrogen-bond donors (Lipinski definition) is 8. The number of amides is 1. The Morgan fingerprint density at radius 1 is 0.662 bits per heavy atom. The summed E-state index contributed by atoms with van der Waals surface area (Å²) in [6.45, 7) is -2.45. The van der Waals surface area contributed by atoms with Gasteiger partial charge in [0.05, 0.1) is 53.3 Å². The maximum Gasteiger partial charge on any atom is 0.256 e. The van der Waals surface area contributed by atoms with Crippen molar-refractivity contribution in [2.45, 2.75) is 61.4 Å². The fourth-order valence-corrected chi connectivity index (χ4v) is 8.86. The Morgan fingerprint density at radius 3 is 1.65 bits per heavy atom. The Labute approximate surface area is 366 Å². The molecular weight excluding hydrogens is 855 g/mol. The van der Waals surface area contributed by atoms with Gasteiger partial charge in [0.15, 0.2) is 24.2 Å². The van der Waals surface area contributed by atoms with Gasteiger partial charge in [0, 0.05) is 33.0 Å². The SMILES string of the molecule is [N-]=[N+]=Nc1c(F)c(-n2c3ccccc3c3ccccc32)c(C(=O)NCCO[C@@H]2O[C@H](CO)[C@@H](O[C@H]3O[C@H](CO)[C@@H](O)[C@H](O)[C@H]3O)[C@H](O)[C@H]2O)c(F)c1-n1c2ccccc2c2ccccc21. The molecule has 2 aromatic heterocycles. The van der Waals surface area contributed by atoms with Gasteiger partial charge in [-0.25, -0.2) is 8.78 Å². The van der Waals surface area contributed by atoms with Gasteiger partial charge in [-0.1, -0.05) is 77.9 Å². The number of halogens is 2. The summed E-state index contributed by atoms with van der Waals surface area (Å²) in [7, 11) is 0. The lowest BCUT2D eigenvalue weighted by atomic mass is 9.97. The molecule has 1 amide bonds. The fourth-order valence-electron chi connectivity index (χ4n) is 8.86. The summed E-state index contributed by atoms with van der Waals surface area (Å²) in [4.78, 5) is 17.5. The van der Waals surface area contributed by atoms with Gasteiger partial charge in [-0.3, -0.25) is 4.79 Å². The molecule has 2 fully saturated rings. The smallest absolute Gasteiger partial charge is 0.256 e. The first kappa shape index (κ1) is 44.1. The van der Waals surface area contributed by atoms with E-state index in [1.807, 2.05) is 0 Å². The molecule has 0 aliphatic carbocycles. The molecule has 8 N–H and O–H groups in total. The van der Waals surface area contributed by atoms with Crippen molar-refractivity contribution in [2.24, 2.45) is 5.11 Å². The monoisotopic (exact) mass is 896 g/mol. The molecule has 0 saturated carbocycles. The molecule has 65 heavy (non-hydrogen) atoms. The third-order valence-corrected chi connectivity index (χ3v) is 11.9. The second-order valence-corrected chi connectivity index (χ2v) is 15.6. The van der Waals surface area contributed by atoms with Gasteiger partial charge in [-0.15, -0.1) is 0 Å². The first-order valence-electron chi connectivity index (χ1n) is 20.6. The number of ether oxygens (including phenoxy) is 4. The summed E-state index contributed by atoms with van der Waals surface area (Å²) >= 11 is 0. The predicted molar refractivity (Wildman–Crippen MR) is 229 cm³/mol. The molecule has 2 saturated heterocycles. The molecule has 4 heterocycles. The van der Waals surface area contributed by atoms with Crippen LogP contribution in [0.4, 0.5) is 14.5 Å². The topological polar surface area (TPSA) is 266 Å². The Morgan fingerprint density at radius 2 is 1.14 bits per heavy atom. The number of carbonyl (C=O) groups is 1. The molecule has 18 nitrogen and oxygen atoms in total. The maximum absolute atomic E-state index is 18.0. The number of fused-ring (bicyclic) bond motifs is 6. The van der Waals surface area contributed by atoms with E-state index in [2.05, 4.69) is 15.3 Å². The number of hydrogen-bond acceptors (Lipinski definition) is 13. The molecule has 7 aromatic rings. The van der Waals surface area contributed by atoms with Crippen LogP contribution in [-0.4, -0.2) is 139 Å². The molecule has 2 aliphatic heterocycles. The number of aromatic nitrogens is 2. The van der Waals surface area contributed by atoms with Gasteiger partial charge >= 0.3 is 0 Å². The molecule has 10 atom stereocenters. The van der Waals surface area contributed by atoms with Crippen LogP contribution in [-0.2, 0) is 18.9 Å². The van der Waals surface area contributed by atoms with Crippen molar-refractivity contribution in [3.63, 3.8) is 0 Å². The third kappa shape index (κ3) is 7.44. The average Bonchev–Trinajstić information content (AvgIpc) is 3.83. The number of nitrogens with zero attached hydrogens (tertiary/aromatic N) is 5. The highest BCUT2D eigenvalue weighted by Gasteiger charge is 2.50. The van der Waals surface area contributed by atoms with Crippen LogP contribution in [0.1, 0.15) is 10.4 Å². The van der Waals surface area contributed by atoms with Crippen LogP contribution in [0, 0.1) is 11.6 Å². The number of benzene rings is 5. The first-order chi connectivity index (χ1) is 31.5. The van der Waals surface area contributed by atoms with Crippen molar-refractivity contribution >= 4 is 55.2 Å². The van der Waals surface area contributed by atoms with Crippen molar-refractivity contribution in [2.75, 3.05) is 26.4 Å². The van der Waals surface area contributed by atoms with Crippen LogP contribution in [0.2, 0.25) is 0 Å². The summed E-state index contributed by atoms with van der Waals surface area (Å²) in [5.41, 5.74) is 9.00. The van der Waals surface area contributed by atoms with Gasteiger partial charge in [-0.2, -0.15) is 0 Å². The zero-order valence-electron chi connectivity index (χ0n) is 34.0. The molecule has 2 aliphatic rings. The van der Waals surface area contributed by atoms with Gasteiger partial charge in [0.2, 0.25) is 0 Å². The van der Waals surface area contributed by atoms with Crippen molar-refractivity contribution in [3.8, 4) is 11.4 Å². The van der Waals surface area contributed by atoms with Crippen LogP contribution >= 0.6 is 0 Å². The van der Waals surface area contributed by atoms with Crippen molar-refractivity contribution in [1.82, 2.24) is 14.5 Å². The first-order valence-corrected chi connectivity index (χ1v) is 20.6. The predicted octanol–water partition coefficient (Wildman–Crippen LogP) is 3.47. The van der Waals surface area contributed by atoms with Crippen LogP contribution in [0.25, 0.3) is 65.4 Å². The van der Waals surface area contributed by atoms with Crippen LogP contribution < -0.4 is 5.32 Å². The van der Waals surface area contributed by atoms with E-state index >= 15 is 8.78 Å². The van der Waals surface area contributed by atoms with E-state index < -0.39 is 128 Å². The molecular formula is C45H42F2N6O12. The van der Waals surface area contributed by atoms with Gasteiger partial charge in [0.25, 0.3) is 5.91 Å². The lowest BCUT2D eigenvalue weighted by Crippen LogP contribution is -2.64. The lowest BCUT2D eigenvalue weighted by molar-refractivity contribution is -0.359. The Bertz CT molecular complexity index is 2870. The molecule has 0 radical (unpaired) electrons. The fraction of sp³-hybridized carbons (Fsp3) is 0.311. The van der Waals surface area contributed by atoms with E-state index in [-0.39, 0.29) is 0 Å².